The normalized spacial score (nSPS) is 19.6. The lowest BCUT2D eigenvalue weighted by molar-refractivity contribution is -0.160. The minimum Gasteiger partial charge on any atom is -0.485 e. The molecule has 140 valence electrons. The maximum atomic E-state index is 12.2. The second-order valence-corrected chi connectivity index (χ2v) is 6.15. The third-order valence-corrected chi connectivity index (χ3v) is 4.49. The zero-order valence-electron chi connectivity index (χ0n) is 14.5. The molecule has 26 heavy (non-hydrogen) atoms. The van der Waals surface area contributed by atoms with Crippen molar-refractivity contribution in [1.82, 2.24) is 4.90 Å². The summed E-state index contributed by atoms with van der Waals surface area (Å²) in [5, 5.41) is 0. The molecule has 1 fully saturated rings. The van der Waals surface area contributed by atoms with Crippen LogP contribution in [0.4, 0.5) is 0 Å². The van der Waals surface area contributed by atoms with E-state index in [4.69, 9.17) is 18.9 Å². The van der Waals surface area contributed by atoms with Crippen molar-refractivity contribution >= 4 is 17.8 Å². The molecule has 0 saturated carbocycles. The van der Waals surface area contributed by atoms with Gasteiger partial charge in [-0.15, -0.1) is 0 Å². The summed E-state index contributed by atoms with van der Waals surface area (Å²) in [6.07, 6.45) is 0.189. The Kier molecular flexibility index (Phi) is 5.60. The lowest BCUT2D eigenvalue weighted by Gasteiger charge is -2.30. The first-order valence-electron chi connectivity index (χ1n) is 8.49. The number of carbonyl (C=O) groups excluding carboxylic acids is 3. The van der Waals surface area contributed by atoms with Crippen LogP contribution in [0.2, 0.25) is 0 Å². The largest absolute Gasteiger partial charge is 0.485 e. The van der Waals surface area contributed by atoms with Gasteiger partial charge in [-0.3, -0.25) is 9.59 Å². The van der Waals surface area contributed by atoms with Gasteiger partial charge in [0.15, 0.2) is 18.1 Å². The van der Waals surface area contributed by atoms with Crippen molar-refractivity contribution in [2.45, 2.75) is 18.9 Å². The van der Waals surface area contributed by atoms with Gasteiger partial charge < -0.3 is 23.8 Å². The predicted octanol–water partition coefficient (Wildman–Crippen LogP) is 0.781. The van der Waals surface area contributed by atoms with Crippen LogP contribution in [0.5, 0.6) is 11.5 Å². The Morgan fingerprint density at radius 1 is 1.12 bits per heavy atom. The van der Waals surface area contributed by atoms with E-state index >= 15 is 0 Å². The van der Waals surface area contributed by atoms with Gasteiger partial charge in [-0.2, -0.15) is 0 Å². The highest BCUT2D eigenvalue weighted by Crippen LogP contribution is 2.31. The SMILES string of the molecule is COC(=O)C1CCN(C(=O)COC(=O)[C@@H]2COc3ccccc3O2)CC1. The van der Waals surface area contributed by atoms with E-state index in [0.29, 0.717) is 37.4 Å². The fourth-order valence-corrected chi connectivity index (χ4v) is 2.98. The molecule has 3 rings (SSSR count). The molecule has 0 aliphatic carbocycles. The van der Waals surface area contributed by atoms with Gasteiger partial charge in [0.2, 0.25) is 6.10 Å². The van der Waals surface area contributed by atoms with E-state index in [-0.39, 0.29) is 31.0 Å². The van der Waals surface area contributed by atoms with E-state index < -0.39 is 12.1 Å². The second-order valence-electron chi connectivity index (χ2n) is 6.15. The Morgan fingerprint density at radius 3 is 2.50 bits per heavy atom. The van der Waals surface area contributed by atoms with Crippen molar-refractivity contribution < 1.29 is 33.3 Å². The highest BCUT2D eigenvalue weighted by Gasteiger charge is 2.31. The van der Waals surface area contributed by atoms with Gasteiger partial charge in [0.05, 0.1) is 13.0 Å². The van der Waals surface area contributed by atoms with E-state index in [0.717, 1.165) is 0 Å². The number of ether oxygens (including phenoxy) is 4. The van der Waals surface area contributed by atoms with Crippen molar-refractivity contribution in [3.05, 3.63) is 24.3 Å². The molecular weight excluding hydrogens is 342 g/mol. The predicted molar refractivity (Wildman–Crippen MR) is 88.6 cm³/mol. The summed E-state index contributed by atoms with van der Waals surface area (Å²) in [5.41, 5.74) is 0. The van der Waals surface area contributed by atoms with Gasteiger partial charge >= 0.3 is 11.9 Å². The first kappa shape index (κ1) is 18.0. The van der Waals surface area contributed by atoms with Crippen LogP contribution >= 0.6 is 0 Å². The molecule has 2 heterocycles. The number of rotatable bonds is 4. The molecule has 0 spiro atoms. The summed E-state index contributed by atoms with van der Waals surface area (Å²) in [6.45, 7) is 0.553. The van der Waals surface area contributed by atoms with Crippen LogP contribution < -0.4 is 9.47 Å². The van der Waals surface area contributed by atoms with Crippen LogP contribution in [-0.2, 0) is 23.9 Å². The first-order valence-corrected chi connectivity index (χ1v) is 8.49. The zero-order chi connectivity index (χ0) is 18.5. The Hall–Kier alpha value is -2.77. The molecule has 0 unspecified atom stereocenters. The van der Waals surface area contributed by atoms with Crippen molar-refractivity contribution in [2.24, 2.45) is 5.92 Å². The highest BCUT2D eigenvalue weighted by molar-refractivity contribution is 5.83. The van der Waals surface area contributed by atoms with Gasteiger partial charge in [0.1, 0.15) is 6.61 Å². The Bertz CT molecular complexity index is 682. The topological polar surface area (TPSA) is 91.4 Å². The molecule has 1 saturated heterocycles. The molecule has 2 aliphatic heterocycles. The number of benzene rings is 1. The fourth-order valence-electron chi connectivity index (χ4n) is 2.98. The molecule has 0 N–H and O–H groups in total. The third kappa shape index (κ3) is 4.07. The number of hydrogen-bond donors (Lipinski definition) is 0. The maximum Gasteiger partial charge on any atom is 0.351 e. The van der Waals surface area contributed by atoms with Gasteiger partial charge in [-0.05, 0) is 25.0 Å². The molecular formula is C18H21NO7. The zero-order valence-corrected chi connectivity index (χ0v) is 14.5. The van der Waals surface area contributed by atoms with Crippen molar-refractivity contribution in [1.29, 1.82) is 0 Å². The van der Waals surface area contributed by atoms with Gasteiger partial charge in [-0.25, -0.2) is 4.79 Å². The summed E-state index contributed by atoms with van der Waals surface area (Å²) in [7, 11) is 1.36. The minimum absolute atomic E-state index is 0.0363. The summed E-state index contributed by atoms with van der Waals surface area (Å²) >= 11 is 0. The van der Waals surface area contributed by atoms with Gasteiger partial charge in [0.25, 0.3) is 5.91 Å². The van der Waals surface area contributed by atoms with Gasteiger partial charge in [-0.1, -0.05) is 12.1 Å². The van der Waals surface area contributed by atoms with Gasteiger partial charge in [0, 0.05) is 13.1 Å². The van der Waals surface area contributed by atoms with Crippen LogP contribution in [0.1, 0.15) is 12.8 Å². The third-order valence-electron chi connectivity index (χ3n) is 4.49. The number of para-hydroxylation sites is 2. The monoisotopic (exact) mass is 363 g/mol. The number of amides is 1. The van der Waals surface area contributed by atoms with E-state index in [1.165, 1.54) is 7.11 Å². The lowest BCUT2D eigenvalue weighted by atomic mass is 9.97. The number of carbonyl (C=O) groups is 3. The molecule has 0 aromatic heterocycles. The smallest absolute Gasteiger partial charge is 0.351 e. The number of nitrogens with zero attached hydrogens (tertiary/aromatic N) is 1. The Morgan fingerprint density at radius 2 is 1.81 bits per heavy atom. The number of hydrogen-bond acceptors (Lipinski definition) is 7. The molecule has 1 amide bonds. The molecule has 8 heteroatoms. The summed E-state index contributed by atoms with van der Waals surface area (Å²) in [6, 6.07) is 7.03. The fraction of sp³-hybridized carbons (Fsp3) is 0.500. The molecule has 1 aromatic carbocycles. The molecule has 1 atom stereocenters. The van der Waals surface area contributed by atoms with Crippen molar-refractivity contribution in [2.75, 3.05) is 33.4 Å². The van der Waals surface area contributed by atoms with Crippen molar-refractivity contribution in [3.63, 3.8) is 0 Å². The molecule has 1 aromatic rings. The van der Waals surface area contributed by atoms with Crippen LogP contribution in [-0.4, -0.2) is 62.3 Å². The Balaban J connectivity index is 1.44. The molecule has 8 nitrogen and oxygen atoms in total. The first-order chi connectivity index (χ1) is 12.6. The molecule has 0 radical (unpaired) electrons. The number of piperidine rings is 1. The van der Waals surface area contributed by atoms with Crippen molar-refractivity contribution in [3.8, 4) is 11.5 Å². The quantitative estimate of drug-likeness (QED) is 0.730. The van der Waals surface area contributed by atoms with Crippen LogP contribution in [0.25, 0.3) is 0 Å². The van der Waals surface area contributed by atoms with E-state index in [1.54, 1.807) is 23.1 Å². The minimum atomic E-state index is -0.900. The van der Waals surface area contributed by atoms with E-state index in [2.05, 4.69) is 0 Å². The average Bonchev–Trinajstić information content (AvgIpc) is 2.70. The maximum absolute atomic E-state index is 12.2. The number of likely N-dealkylation sites (tertiary alicyclic amines) is 1. The summed E-state index contributed by atoms with van der Waals surface area (Å²) in [5.74, 6) is -0.327. The number of methoxy groups -OCH3 is 1. The van der Waals surface area contributed by atoms with E-state index in [9.17, 15) is 14.4 Å². The van der Waals surface area contributed by atoms with Crippen LogP contribution in [0, 0.1) is 5.92 Å². The summed E-state index contributed by atoms with van der Waals surface area (Å²) < 4.78 is 20.8. The molecule has 0 bridgehead atoms. The number of fused-ring (bicyclic) bond motifs is 1. The second kappa shape index (κ2) is 8.07. The summed E-state index contributed by atoms with van der Waals surface area (Å²) in [4.78, 5) is 37.4. The number of esters is 2. The lowest BCUT2D eigenvalue weighted by Crippen LogP contribution is -2.44. The van der Waals surface area contributed by atoms with Crippen LogP contribution in [0.15, 0.2) is 24.3 Å². The Labute approximate surface area is 150 Å². The van der Waals surface area contributed by atoms with E-state index in [1.807, 2.05) is 6.07 Å². The molecule has 2 aliphatic rings. The van der Waals surface area contributed by atoms with Crippen LogP contribution in [0.3, 0.4) is 0 Å². The highest BCUT2D eigenvalue weighted by atomic mass is 16.6. The average molecular weight is 363 g/mol. The standard InChI is InChI=1S/C18H21NO7/c1-23-17(21)12-6-8-19(9-7-12)16(20)11-25-18(22)15-10-24-13-4-2-3-5-14(13)26-15/h2-5,12,15H,6-11H2,1H3/t15-/m0/s1.